The number of nitrogens with one attached hydrogen (secondary N) is 2. The fraction of sp³-hybridized carbons (Fsp3) is 0.125. The van der Waals surface area contributed by atoms with Crippen molar-refractivity contribution >= 4 is 22.7 Å². The Morgan fingerprint density at radius 3 is 2.46 bits per heavy atom. The highest BCUT2D eigenvalue weighted by atomic mass is 19.2. The molecular weight excluding hydrogens is 491 g/mol. The molecule has 37 heavy (non-hydrogen) atoms. The second-order valence-corrected chi connectivity index (χ2v) is 8.25. The molecule has 0 atom stereocenters. The van der Waals surface area contributed by atoms with E-state index in [4.69, 9.17) is 0 Å². The molecule has 5 aromatic rings. The summed E-state index contributed by atoms with van der Waals surface area (Å²) in [5, 5.41) is 2.89. The molecule has 0 saturated heterocycles. The number of benzene rings is 2. The molecule has 2 N–H and O–H groups in total. The Morgan fingerprint density at radius 2 is 1.73 bits per heavy atom. The zero-order chi connectivity index (χ0) is 26.3. The van der Waals surface area contributed by atoms with Gasteiger partial charge in [0.25, 0.3) is 5.56 Å². The van der Waals surface area contributed by atoms with Gasteiger partial charge in [0, 0.05) is 24.5 Å². The van der Waals surface area contributed by atoms with E-state index in [1.165, 1.54) is 18.3 Å². The maximum atomic E-state index is 13.9. The maximum absolute atomic E-state index is 13.9. The predicted octanol–water partition coefficient (Wildman–Crippen LogP) is 2.24. The Balaban J connectivity index is 1.64. The lowest BCUT2D eigenvalue weighted by atomic mass is 10.2. The van der Waals surface area contributed by atoms with E-state index in [1.54, 1.807) is 36.1 Å². The number of hydrogen-bond donors (Lipinski definition) is 2. The summed E-state index contributed by atoms with van der Waals surface area (Å²) in [6.07, 6.45) is 3.02. The van der Waals surface area contributed by atoms with Crippen LogP contribution in [0.4, 0.5) is 24.8 Å². The summed E-state index contributed by atoms with van der Waals surface area (Å²) in [6, 6.07) is 9.54. The van der Waals surface area contributed by atoms with Crippen LogP contribution in [0.3, 0.4) is 0 Å². The Kier molecular flexibility index (Phi) is 5.95. The lowest BCUT2D eigenvalue weighted by Gasteiger charge is -2.16. The molecule has 2 aromatic carbocycles. The number of aromatic nitrogens is 6. The van der Waals surface area contributed by atoms with E-state index in [0.29, 0.717) is 11.2 Å². The Hall–Kier alpha value is -4.94. The standard InChI is InChI=1S/C24H18F3N7O3/c1-32-12-29-18-5-4-15(9-19(18)32)30-22-31-23(36)34(11-14-3-2-6-28-21(14)35)24(37)33(22)10-13-7-16(25)20(27)17(26)8-13/h2-9,12H,10-11H2,1H3,(H,28,35)(H,30,31,36). The molecule has 0 unspecified atom stereocenters. The van der Waals surface area contributed by atoms with Crippen LogP contribution in [0, 0.1) is 17.5 Å². The molecular formula is C24H18F3N7O3. The number of rotatable bonds is 6. The zero-order valence-electron chi connectivity index (χ0n) is 19.2. The van der Waals surface area contributed by atoms with Gasteiger partial charge in [0.05, 0.1) is 30.5 Å². The Labute approximate surface area is 205 Å². The van der Waals surface area contributed by atoms with Crippen LogP contribution in [-0.4, -0.2) is 28.7 Å². The van der Waals surface area contributed by atoms with E-state index < -0.39 is 47.5 Å². The van der Waals surface area contributed by atoms with Crippen LogP contribution in [0.5, 0.6) is 0 Å². The second kappa shape index (κ2) is 9.26. The van der Waals surface area contributed by atoms with Gasteiger partial charge in [-0.3, -0.25) is 9.36 Å². The summed E-state index contributed by atoms with van der Waals surface area (Å²) >= 11 is 0. The van der Waals surface area contributed by atoms with Gasteiger partial charge in [-0.25, -0.2) is 32.3 Å². The second-order valence-electron chi connectivity index (χ2n) is 8.25. The van der Waals surface area contributed by atoms with Crippen molar-refractivity contribution in [2.75, 3.05) is 5.32 Å². The highest BCUT2D eigenvalue weighted by Gasteiger charge is 2.18. The number of fused-ring (bicyclic) bond motifs is 1. The summed E-state index contributed by atoms with van der Waals surface area (Å²) < 4.78 is 44.7. The van der Waals surface area contributed by atoms with Gasteiger partial charge in [0.1, 0.15) is 0 Å². The van der Waals surface area contributed by atoms with E-state index in [-0.39, 0.29) is 17.1 Å². The monoisotopic (exact) mass is 509 g/mol. The highest BCUT2D eigenvalue weighted by molar-refractivity contribution is 5.80. The lowest BCUT2D eigenvalue weighted by Crippen LogP contribution is -2.43. The molecule has 0 amide bonds. The molecule has 0 aliphatic carbocycles. The fourth-order valence-corrected chi connectivity index (χ4v) is 3.87. The Morgan fingerprint density at radius 1 is 0.973 bits per heavy atom. The number of aryl methyl sites for hydroxylation is 1. The molecule has 188 valence electrons. The van der Waals surface area contributed by atoms with E-state index in [1.807, 2.05) is 0 Å². The molecule has 5 rings (SSSR count). The first-order chi connectivity index (χ1) is 17.7. The van der Waals surface area contributed by atoms with Crippen LogP contribution in [0.1, 0.15) is 11.1 Å². The van der Waals surface area contributed by atoms with Crippen LogP contribution in [0.25, 0.3) is 11.0 Å². The first kappa shape index (κ1) is 23.8. The van der Waals surface area contributed by atoms with E-state index >= 15 is 0 Å². The number of hydrogen-bond acceptors (Lipinski definition) is 6. The number of imidazole rings is 1. The average molecular weight is 509 g/mol. The van der Waals surface area contributed by atoms with Crippen LogP contribution in [-0.2, 0) is 20.1 Å². The van der Waals surface area contributed by atoms with Gasteiger partial charge in [-0.1, -0.05) is 6.07 Å². The van der Waals surface area contributed by atoms with Gasteiger partial charge < -0.3 is 14.9 Å². The van der Waals surface area contributed by atoms with E-state index in [2.05, 4.69) is 20.3 Å². The van der Waals surface area contributed by atoms with Crippen LogP contribution < -0.4 is 22.3 Å². The molecule has 0 aliphatic heterocycles. The van der Waals surface area contributed by atoms with Crippen molar-refractivity contribution in [3.63, 3.8) is 0 Å². The summed E-state index contributed by atoms with van der Waals surface area (Å²) in [5.41, 5.74) is -0.427. The normalized spacial score (nSPS) is 11.2. The summed E-state index contributed by atoms with van der Waals surface area (Å²) in [5.74, 6) is -4.74. The average Bonchev–Trinajstić information content (AvgIpc) is 3.23. The first-order valence-electron chi connectivity index (χ1n) is 10.9. The molecule has 0 bridgehead atoms. The number of nitrogens with zero attached hydrogens (tertiary/aromatic N) is 5. The van der Waals surface area contributed by atoms with Gasteiger partial charge in [0.15, 0.2) is 17.5 Å². The number of anilines is 2. The fourth-order valence-electron chi connectivity index (χ4n) is 3.87. The van der Waals surface area contributed by atoms with Crippen LogP contribution in [0.15, 0.2) is 69.4 Å². The van der Waals surface area contributed by atoms with E-state index in [0.717, 1.165) is 26.8 Å². The van der Waals surface area contributed by atoms with Crippen molar-refractivity contribution in [3.8, 4) is 0 Å². The minimum absolute atomic E-state index is 0.0896. The van der Waals surface area contributed by atoms with Crippen molar-refractivity contribution in [1.82, 2.24) is 28.7 Å². The van der Waals surface area contributed by atoms with Crippen molar-refractivity contribution in [1.29, 1.82) is 0 Å². The molecule has 13 heteroatoms. The Bertz CT molecular complexity index is 1820. The topological polar surface area (TPSA) is 120 Å². The first-order valence-corrected chi connectivity index (χ1v) is 10.9. The summed E-state index contributed by atoms with van der Waals surface area (Å²) in [4.78, 5) is 49.1. The third-order valence-electron chi connectivity index (χ3n) is 5.74. The summed E-state index contributed by atoms with van der Waals surface area (Å²) in [6.45, 7) is -0.851. The van der Waals surface area contributed by atoms with Crippen molar-refractivity contribution < 1.29 is 13.2 Å². The molecule has 0 fully saturated rings. The number of pyridine rings is 1. The molecule has 0 saturated carbocycles. The molecule has 3 aromatic heterocycles. The lowest BCUT2D eigenvalue weighted by molar-refractivity contribution is 0.444. The van der Waals surface area contributed by atoms with Crippen molar-refractivity contribution in [3.05, 3.63) is 115 Å². The van der Waals surface area contributed by atoms with Gasteiger partial charge in [-0.2, -0.15) is 4.98 Å². The predicted molar refractivity (Wildman–Crippen MR) is 128 cm³/mol. The van der Waals surface area contributed by atoms with Crippen LogP contribution >= 0.6 is 0 Å². The molecule has 0 spiro atoms. The van der Waals surface area contributed by atoms with Gasteiger partial charge >= 0.3 is 11.4 Å². The van der Waals surface area contributed by atoms with Crippen molar-refractivity contribution in [2.24, 2.45) is 7.05 Å². The van der Waals surface area contributed by atoms with Gasteiger partial charge in [-0.15, -0.1) is 0 Å². The minimum atomic E-state index is -1.65. The molecule has 10 nitrogen and oxygen atoms in total. The van der Waals surface area contributed by atoms with E-state index in [9.17, 15) is 27.6 Å². The molecule has 0 radical (unpaired) electrons. The van der Waals surface area contributed by atoms with Gasteiger partial charge in [0.2, 0.25) is 5.95 Å². The third kappa shape index (κ3) is 4.53. The molecule has 0 aliphatic rings. The zero-order valence-corrected chi connectivity index (χ0v) is 19.2. The van der Waals surface area contributed by atoms with Crippen LogP contribution in [0.2, 0.25) is 0 Å². The summed E-state index contributed by atoms with van der Waals surface area (Å²) in [7, 11) is 1.79. The smallest absolute Gasteiger partial charge is 0.334 e. The number of aromatic amines is 1. The van der Waals surface area contributed by atoms with Gasteiger partial charge in [-0.05, 0) is 42.0 Å². The number of halogens is 3. The third-order valence-corrected chi connectivity index (χ3v) is 5.74. The maximum Gasteiger partial charge on any atom is 0.355 e. The quantitative estimate of drug-likeness (QED) is 0.339. The highest BCUT2D eigenvalue weighted by Crippen LogP contribution is 2.21. The number of H-pyrrole nitrogens is 1. The SMILES string of the molecule is Cn1cnc2ccc(Nc3nc(=O)n(Cc4ccc[nH]c4=O)c(=O)n3Cc3cc(F)c(F)c(F)c3)cc21. The molecule has 3 heterocycles. The minimum Gasteiger partial charge on any atom is -0.334 e. The van der Waals surface area contributed by atoms with Crippen molar-refractivity contribution in [2.45, 2.75) is 13.1 Å². The largest absolute Gasteiger partial charge is 0.355 e.